The van der Waals surface area contributed by atoms with Crippen LogP contribution < -0.4 is 10.1 Å². The lowest BCUT2D eigenvalue weighted by Gasteiger charge is -2.16. The van der Waals surface area contributed by atoms with E-state index in [9.17, 15) is 0 Å². The molecule has 90 valence electrons. The van der Waals surface area contributed by atoms with Crippen LogP contribution in [0.15, 0.2) is 18.6 Å². The van der Waals surface area contributed by atoms with Gasteiger partial charge in [0.1, 0.15) is 17.4 Å². The van der Waals surface area contributed by atoms with E-state index in [0.29, 0.717) is 11.6 Å². The Kier molecular flexibility index (Phi) is 3.61. The Balaban J connectivity index is 2.39. The Morgan fingerprint density at radius 1 is 1.41 bits per heavy atom. The molecule has 2 heterocycles. The fourth-order valence-corrected chi connectivity index (χ4v) is 1.59. The molecule has 17 heavy (non-hydrogen) atoms. The van der Waals surface area contributed by atoms with Gasteiger partial charge in [0.2, 0.25) is 5.88 Å². The Hall–Kier alpha value is -2.02. The summed E-state index contributed by atoms with van der Waals surface area (Å²) in [4.78, 5) is 8.42. The minimum atomic E-state index is -0.178. The lowest BCUT2D eigenvalue weighted by molar-refractivity contribution is 0.382. The van der Waals surface area contributed by atoms with Gasteiger partial charge in [-0.1, -0.05) is 6.92 Å². The van der Waals surface area contributed by atoms with Gasteiger partial charge in [-0.15, -0.1) is 0 Å². The molecule has 0 aromatic carbocycles. The zero-order valence-corrected chi connectivity index (χ0v) is 9.71. The highest BCUT2D eigenvalue weighted by Crippen LogP contribution is 2.24. The SMILES string of the molecule is CCNC(c1cn[nH]n1)c1nccnc1OC. The highest BCUT2D eigenvalue weighted by Gasteiger charge is 2.21. The molecular formula is C10H14N6O. The van der Waals surface area contributed by atoms with E-state index >= 15 is 0 Å². The van der Waals surface area contributed by atoms with E-state index < -0.39 is 0 Å². The number of ether oxygens (including phenoxy) is 1. The van der Waals surface area contributed by atoms with Crippen LogP contribution in [0.2, 0.25) is 0 Å². The van der Waals surface area contributed by atoms with Gasteiger partial charge >= 0.3 is 0 Å². The van der Waals surface area contributed by atoms with Crippen molar-refractivity contribution >= 4 is 0 Å². The molecule has 0 spiro atoms. The van der Waals surface area contributed by atoms with Crippen LogP contribution in [0.4, 0.5) is 0 Å². The number of hydrogen-bond donors (Lipinski definition) is 2. The van der Waals surface area contributed by atoms with Gasteiger partial charge < -0.3 is 10.1 Å². The lowest BCUT2D eigenvalue weighted by Crippen LogP contribution is -2.24. The average molecular weight is 234 g/mol. The monoisotopic (exact) mass is 234 g/mol. The molecular weight excluding hydrogens is 220 g/mol. The minimum absolute atomic E-state index is 0.178. The molecule has 2 N–H and O–H groups in total. The maximum Gasteiger partial charge on any atom is 0.237 e. The van der Waals surface area contributed by atoms with Crippen molar-refractivity contribution in [2.24, 2.45) is 0 Å². The van der Waals surface area contributed by atoms with Gasteiger partial charge in [-0.05, 0) is 6.54 Å². The summed E-state index contributed by atoms with van der Waals surface area (Å²) in [6, 6.07) is -0.178. The molecule has 0 saturated heterocycles. The zero-order valence-electron chi connectivity index (χ0n) is 9.71. The standard InChI is InChI=1S/C10H14N6O/c1-3-11-8(7-6-14-16-15-7)9-10(17-2)13-5-4-12-9/h4-6,8,11H,3H2,1-2H3,(H,14,15,16). The fraction of sp³-hybridized carbons (Fsp3) is 0.400. The van der Waals surface area contributed by atoms with Crippen LogP contribution in [-0.4, -0.2) is 39.0 Å². The molecule has 0 bridgehead atoms. The smallest absolute Gasteiger partial charge is 0.237 e. The number of rotatable bonds is 5. The largest absolute Gasteiger partial charge is 0.480 e. The third-order valence-electron chi connectivity index (χ3n) is 2.30. The highest BCUT2D eigenvalue weighted by molar-refractivity contribution is 5.27. The predicted molar refractivity (Wildman–Crippen MR) is 60.5 cm³/mol. The van der Waals surface area contributed by atoms with Crippen molar-refractivity contribution in [2.45, 2.75) is 13.0 Å². The lowest BCUT2D eigenvalue weighted by atomic mass is 10.1. The molecule has 0 aliphatic carbocycles. The van der Waals surface area contributed by atoms with E-state index in [1.165, 1.54) is 0 Å². The van der Waals surface area contributed by atoms with E-state index in [-0.39, 0.29) is 6.04 Å². The van der Waals surface area contributed by atoms with Gasteiger partial charge in [-0.2, -0.15) is 15.4 Å². The topological polar surface area (TPSA) is 88.6 Å². The Morgan fingerprint density at radius 2 is 2.24 bits per heavy atom. The Morgan fingerprint density at radius 3 is 2.88 bits per heavy atom. The molecule has 0 amide bonds. The van der Waals surface area contributed by atoms with Crippen molar-refractivity contribution in [1.82, 2.24) is 30.7 Å². The number of H-pyrrole nitrogens is 1. The van der Waals surface area contributed by atoms with Gasteiger partial charge in [0.15, 0.2) is 0 Å². The number of aromatic nitrogens is 5. The van der Waals surface area contributed by atoms with Crippen LogP contribution in [0.25, 0.3) is 0 Å². The summed E-state index contributed by atoms with van der Waals surface area (Å²) in [7, 11) is 1.57. The maximum atomic E-state index is 5.20. The second kappa shape index (κ2) is 5.35. The van der Waals surface area contributed by atoms with E-state index in [4.69, 9.17) is 4.74 Å². The summed E-state index contributed by atoms with van der Waals surface area (Å²) in [6.07, 6.45) is 4.87. The van der Waals surface area contributed by atoms with Crippen LogP contribution in [0.5, 0.6) is 5.88 Å². The van der Waals surface area contributed by atoms with Crippen molar-refractivity contribution in [3.63, 3.8) is 0 Å². The molecule has 2 aromatic rings. The van der Waals surface area contributed by atoms with Crippen molar-refractivity contribution in [3.8, 4) is 5.88 Å². The van der Waals surface area contributed by atoms with Gasteiger partial charge in [0.25, 0.3) is 0 Å². The first kappa shape index (κ1) is 11.5. The summed E-state index contributed by atoms with van der Waals surface area (Å²) in [5.74, 6) is 0.487. The summed E-state index contributed by atoms with van der Waals surface area (Å²) in [6.45, 7) is 2.78. The van der Waals surface area contributed by atoms with Crippen molar-refractivity contribution in [1.29, 1.82) is 0 Å². The Bertz CT molecular complexity index is 458. The molecule has 0 aliphatic heterocycles. The first-order valence-electron chi connectivity index (χ1n) is 5.30. The van der Waals surface area contributed by atoms with Crippen molar-refractivity contribution < 1.29 is 4.74 Å². The maximum absolute atomic E-state index is 5.20. The van der Waals surface area contributed by atoms with E-state index in [1.54, 1.807) is 25.7 Å². The molecule has 0 saturated carbocycles. The number of hydrogen-bond acceptors (Lipinski definition) is 6. The second-order valence-electron chi connectivity index (χ2n) is 3.34. The van der Waals surface area contributed by atoms with Crippen LogP contribution in [0.3, 0.4) is 0 Å². The molecule has 2 rings (SSSR count). The minimum Gasteiger partial charge on any atom is -0.480 e. The quantitative estimate of drug-likeness (QED) is 0.773. The van der Waals surface area contributed by atoms with Gasteiger partial charge in [0, 0.05) is 12.4 Å². The predicted octanol–water partition coefficient (Wildman–Crippen LogP) is 0.302. The highest BCUT2D eigenvalue weighted by atomic mass is 16.5. The third kappa shape index (κ3) is 2.39. The van der Waals surface area contributed by atoms with Gasteiger partial charge in [-0.25, -0.2) is 4.98 Å². The van der Waals surface area contributed by atoms with Crippen molar-refractivity contribution in [2.75, 3.05) is 13.7 Å². The second-order valence-corrected chi connectivity index (χ2v) is 3.34. The number of aromatic amines is 1. The van der Waals surface area contributed by atoms with Crippen LogP contribution in [0.1, 0.15) is 24.4 Å². The summed E-state index contributed by atoms with van der Waals surface area (Å²) in [5, 5.41) is 13.7. The van der Waals surface area contributed by atoms with Crippen LogP contribution in [-0.2, 0) is 0 Å². The van der Waals surface area contributed by atoms with Crippen LogP contribution >= 0.6 is 0 Å². The molecule has 0 aliphatic rings. The van der Waals surface area contributed by atoms with Crippen molar-refractivity contribution in [3.05, 3.63) is 30.0 Å². The van der Waals surface area contributed by atoms with E-state index in [1.807, 2.05) is 6.92 Å². The third-order valence-corrected chi connectivity index (χ3v) is 2.30. The molecule has 1 unspecified atom stereocenters. The summed E-state index contributed by atoms with van der Waals surface area (Å²) in [5.41, 5.74) is 1.46. The molecule has 7 nitrogen and oxygen atoms in total. The first-order chi connectivity index (χ1) is 8.36. The summed E-state index contributed by atoms with van der Waals surface area (Å²) < 4.78 is 5.20. The van der Waals surface area contributed by atoms with Gasteiger partial charge in [0.05, 0.1) is 13.3 Å². The fourth-order valence-electron chi connectivity index (χ4n) is 1.59. The zero-order chi connectivity index (χ0) is 12.1. The Labute approximate surface area is 98.6 Å². The van der Waals surface area contributed by atoms with E-state index in [0.717, 1.165) is 12.2 Å². The first-order valence-corrected chi connectivity index (χ1v) is 5.30. The molecule has 0 fully saturated rings. The average Bonchev–Trinajstić information content (AvgIpc) is 2.89. The molecule has 0 radical (unpaired) electrons. The number of nitrogens with zero attached hydrogens (tertiary/aromatic N) is 4. The van der Waals surface area contributed by atoms with Gasteiger partial charge in [-0.3, -0.25) is 4.98 Å². The number of methoxy groups -OCH3 is 1. The number of nitrogens with one attached hydrogen (secondary N) is 2. The van der Waals surface area contributed by atoms with E-state index in [2.05, 4.69) is 30.7 Å². The normalized spacial score (nSPS) is 12.4. The molecule has 2 aromatic heterocycles. The molecule has 7 heteroatoms. The van der Waals surface area contributed by atoms with Crippen LogP contribution in [0, 0.1) is 0 Å². The summed E-state index contributed by atoms with van der Waals surface area (Å²) >= 11 is 0. The molecule has 1 atom stereocenters.